The first-order chi connectivity index (χ1) is 7.70. The molecule has 3 heteroatoms. The molecule has 0 bridgehead atoms. The minimum Gasteiger partial charge on any atom is -0.373 e. The van der Waals surface area contributed by atoms with E-state index in [9.17, 15) is 4.39 Å². The molecule has 1 fully saturated rings. The summed E-state index contributed by atoms with van der Waals surface area (Å²) in [6.07, 6.45) is 3.15. The highest BCUT2D eigenvalue weighted by molar-refractivity contribution is 9.10. The van der Waals surface area contributed by atoms with Crippen LogP contribution >= 0.6 is 15.9 Å². The van der Waals surface area contributed by atoms with Crippen molar-refractivity contribution in [3.05, 3.63) is 34.1 Å². The molecule has 1 aromatic carbocycles. The van der Waals surface area contributed by atoms with Gasteiger partial charge in [0.1, 0.15) is 5.82 Å². The van der Waals surface area contributed by atoms with Gasteiger partial charge in [-0.2, -0.15) is 0 Å². The normalized spacial score (nSPS) is 25.7. The molecule has 0 aromatic heterocycles. The zero-order valence-electron chi connectivity index (χ0n) is 9.38. The van der Waals surface area contributed by atoms with E-state index in [-0.39, 0.29) is 11.9 Å². The van der Waals surface area contributed by atoms with Crippen molar-refractivity contribution in [1.82, 2.24) is 0 Å². The third kappa shape index (κ3) is 2.64. The Morgan fingerprint density at radius 3 is 2.81 bits per heavy atom. The first-order valence-corrected chi connectivity index (χ1v) is 6.56. The van der Waals surface area contributed by atoms with Gasteiger partial charge in [-0.25, -0.2) is 4.39 Å². The lowest BCUT2D eigenvalue weighted by Crippen LogP contribution is -2.20. The molecule has 0 N–H and O–H groups in total. The molecule has 88 valence electrons. The molecule has 0 amide bonds. The largest absolute Gasteiger partial charge is 0.373 e. The van der Waals surface area contributed by atoms with Crippen LogP contribution < -0.4 is 0 Å². The van der Waals surface area contributed by atoms with Crippen molar-refractivity contribution in [2.45, 2.75) is 32.3 Å². The maximum atomic E-state index is 13.7. The average Bonchev–Trinajstić information content (AvgIpc) is 2.29. The molecular formula is C13H16BrFO. The first-order valence-electron chi connectivity index (χ1n) is 5.77. The molecule has 0 aliphatic carbocycles. The summed E-state index contributed by atoms with van der Waals surface area (Å²) in [4.78, 5) is 0. The molecule has 1 heterocycles. The summed E-state index contributed by atoms with van der Waals surface area (Å²) in [5, 5.41) is 0. The molecule has 1 nitrogen and oxygen atoms in total. The molecule has 0 saturated carbocycles. The maximum Gasteiger partial charge on any atom is 0.130 e. The number of hydrogen-bond donors (Lipinski definition) is 0. The van der Waals surface area contributed by atoms with Crippen LogP contribution in [0.3, 0.4) is 0 Å². The Labute approximate surface area is 104 Å². The van der Waals surface area contributed by atoms with Crippen molar-refractivity contribution in [3.63, 3.8) is 0 Å². The Morgan fingerprint density at radius 2 is 2.25 bits per heavy atom. The first kappa shape index (κ1) is 12.1. The topological polar surface area (TPSA) is 9.23 Å². The Kier molecular flexibility index (Phi) is 3.98. The second-order valence-corrected chi connectivity index (χ2v) is 5.26. The van der Waals surface area contributed by atoms with Crippen LogP contribution in [-0.4, -0.2) is 6.61 Å². The average molecular weight is 287 g/mol. The van der Waals surface area contributed by atoms with E-state index in [1.807, 2.05) is 12.1 Å². The lowest BCUT2D eigenvalue weighted by atomic mass is 9.93. The van der Waals surface area contributed by atoms with Crippen LogP contribution in [0.5, 0.6) is 0 Å². The quantitative estimate of drug-likeness (QED) is 0.780. The Morgan fingerprint density at radius 1 is 1.44 bits per heavy atom. The van der Waals surface area contributed by atoms with Gasteiger partial charge >= 0.3 is 0 Å². The van der Waals surface area contributed by atoms with Crippen LogP contribution in [-0.2, 0) is 4.74 Å². The van der Waals surface area contributed by atoms with Crippen molar-refractivity contribution in [2.24, 2.45) is 5.92 Å². The highest BCUT2D eigenvalue weighted by Crippen LogP contribution is 2.33. The van der Waals surface area contributed by atoms with Gasteiger partial charge in [0, 0.05) is 10.0 Å². The fourth-order valence-electron chi connectivity index (χ4n) is 2.14. The van der Waals surface area contributed by atoms with Crippen LogP contribution in [0.15, 0.2) is 22.7 Å². The molecule has 2 rings (SSSR count). The third-order valence-corrected chi connectivity index (χ3v) is 3.75. The monoisotopic (exact) mass is 286 g/mol. The molecule has 2 unspecified atom stereocenters. The predicted molar refractivity (Wildman–Crippen MR) is 65.8 cm³/mol. The molecule has 0 radical (unpaired) electrons. The summed E-state index contributed by atoms with van der Waals surface area (Å²) in [6.45, 7) is 2.94. The van der Waals surface area contributed by atoms with Crippen molar-refractivity contribution in [2.75, 3.05) is 6.61 Å². The van der Waals surface area contributed by atoms with E-state index in [1.165, 1.54) is 6.07 Å². The summed E-state index contributed by atoms with van der Waals surface area (Å²) < 4.78 is 20.2. The van der Waals surface area contributed by atoms with Gasteiger partial charge in [-0.05, 0) is 30.9 Å². The van der Waals surface area contributed by atoms with Gasteiger partial charge < -0.3 is 4.74 Å². The molecular weight excluding hydrogens is 271 g/mol. The van der Waals surface area contributed by atoms with Crippen LogP contribution in [0, 0.1) is 11.7 Å². The van der Waals surface area contributed by atoms with E-state index in [4.69, 9.17) is 4.74 Å². The van der Waals surface area contributed by atoms with E-state index >= 15 is 0 Å². The lowest BCUT2D eigenvalue weighted by Gasteiger charge is -2.28. The van der Waals surface area contributed by atoms with E-state index in [0.717, 1.165) is 30.3 Å². The van der Waals surface area contributed by atoms with Gasteiger partial charge in [0.05, 0.1) is 12.7 Å². The summed E-state index contributed by atoms with van der Waals surface area (Å²) in [5.41, 5.74) is 0.692. The van der Waals surface area contributed by atoms with Crippen molar-refractivity contribution < 1.29 is 9.13 Å². The van der Waals surface area contributed by atoms with Crippen molar-refractivity contribution in [3.8, 4) is 0 Å². The molecule has 1 aromatic rings. The number of rotatable bonds is 2. The fourth-order valence-corrected chi connectivity index (χ4v) is 2.47. The molecule has 1 aliphatic rings. The van der Waals surface area contributed by atoms with E-state index in [0.29, 0.717) is 11.5 Å². The number of halogens is 2. The van der Waals surface area contributed by atoms with Gasteiger partial charge in [-0.15, -0.1) is 0 Å². The molecule has 1 aliphatic heterocycles. The van der Waals surface area contributed by atoms with Crippen LogP contribution in [0.25, 0.3) is 0 Å². The number of hydrogen-bond acceptors (Lipinski definition) is 1. The minimum atomic E-state index is -0.172. The summed E-state index contributed by atoms with van der Waals surface area (Å²) >= 11 is 3.26. The van der Waals surface area contributed by atoms with Crippen LogP contribution in [0.4, 0.5) is 4.39 Å². The smallest absolute Gasteiger partial charge is 0.130 e. The summed E-state index contributed by atoms with van der Waals surface area (Å²) in [7, 11) is 0. The van der Waals surface area contributed by atoms with Crippen molar-refractivity contribution in [1.29, 1.82) is 0 Å². The van der Waals surface area contributed by atoms with Gasteiger partial charge in [0.15, 0.2) is 0 Å². The zero-order valence-corrected chi connectivity index (χ0v) is 11.0. The standard InChI is InChI=1S/C13H16BrFO/c1-2-9-3-6-13(16-8-9)11-5-4-10(14)7-12(11)15/h4-5,7,9,13H,2-3,6,8H2,1H3. The minimum absolute atomic E-state index is 0.0594. The van der Waals surface area contributed by atoms with Crippen molar-refractivity contribution >= 4 is 15.9 Å². The van der Waals surface area contributed by atoms with Gasteiger partial charge in [-0.1, -0.05) is 35.3 Å². The Bertz CT molecular complexity index is 359. The Balaban J connectivity index is 2.08. The molecule has 0 spiro atoms. The van der Waals surface area contributed by atoms with Crippen LogP contribution in [0.1, 0.15) is 37.9 Å². The SMILES string of the molecule is CCC1CCC(c2ccc(Br)cc2F)OC1. The van der Waals surface area contributed by atoms with Gasteiger partial charge in [-0.3, -0.25) is 0 Å². The van der Waals surface area contributed by atoms with Gasteiger partial charge in [0.25, 0.3) is 0 Å². The van der Waals surface area contributed by atoms with E-state index in [2.05, 4.69) is 22.9 Å². The number of benzene rings is 1. The number of ether oxygens (including phenoxy) is 1. The lowest BCUT2D eigenvalue weighted by molar-refractivity contribution is -0.0198. The van der Waals surface area contributed by atoms with Gasteiger partial charge in [0.2, 0.25) is 0 Å². The maximum absolute atomic E-state index is 13.7. The molecule has 16 heavy (non-hydrogen) atoms. The highest BCUT2D eigenvalue weighted by atomic mass is 79.9. The second-order valence-electron chi connectivity index (χ2n) is 4.34. The van der Waals surface area contributed by atoms with Crippen LogP contribution in [0.2, 0.25) is 0 Å². The predicted octanol–water partition coefficient (Wildman–Crippen LogP) is 4.47. The summed E-state index contributed by atoms with van der Waals surface area (Å²) in [6, 6.07) is 5.19. The van der Waals surface area contributed by atoms with E-state index < -0.39 is 0 Å². The second kappa shape index (κ2) is 5.28. The molecule has 2 atom stereocenters. The van der Waals surface area contributed by atoms with E-state index in [1.54, 1.807) is 0 Å². The zero-order chi connectivity index (χ0) is 11.5. The Hall–Kier alpha value is -0.410. The summed E-state index contributed by atoms with van der Waals surface area (Å²) in [5.74, 6) is 0.476. The molecule has 1 saturated heterocycles. The fraction of sp³-hybridized carbons (Fsp3) is 0.538. The third-order valence-electron chi connectivity index (χ3n) is 3.26. The highest BCUT2D eigenvalue weighted by Gasteiger charge is 2.23.